The molecule has 2 rings (SSSR count). The second kappa shape index (κ2) is 6.67. The highest BCUT2D eigenvalue weighted by molar-refractivity contribution is 7.99. The van der Waals surface area contributed by atoms with Crippen molar-refractivity contribution < 1.29 is 0 Å². The summed E-state index contributed by atoms with van der Waals surface area (Å²) in [5.74, 6) is 0. The number of nitrogens with two attached hydrogens (primary N) is 1. The zero-order chi connectivity index (χ0) is 15.6. The predicted molar refractivity (Wildman–Crippen MR) is 90.0 cm³/mol. The molecule has 21 heavy (non-hydrogen) atoms. The molecule has 1 heterocycles. The standard InChI is InChI=1S/C17H25N3S/c1-6-14(18)10-15-13(4)19-20(5)17(15)21-16-9-11(2)7-8-12(16)3/h7-9,14H,6,10,18H2,1-5H3. The first-order chi connectivity index (χ1) is 9.92. The van der Waals surface area contributed by atoms with E-state index in [4.69, 9.17) is 5.73 Å². The molecule has 1 atom stereocenters. The molecule has 0 aliphatic carbocycles. The van der Waals surface area contributed by atoms with Crippen LogP contribution in [0.3, 0.4) is 0 Å². The fourth-order valence-corrected chi connectivity index (χ4v) is 3.58. The number of nitrogens with zero attached hydrogens (tertiary/aromatic N) is 2. The van der Waals surface area contributed by atoms with Crippen molar-refractivity contribution in [3.8, 4) is 0 Å². The summed E-state index contributed by atoms with van der Waals surface area (Å²) in [4.78, 5) is 1.30. The highest BCUT2D eigenvalue weighted by Gasteiger charge is 2.17. The number of hydrogen-bond donors (Lipinski definition) is 1. The van der Waals surface area contributed by atoms with Crippen LogP contribution in [0.1, 0.15) is 35.7 Å². The summed E-state index contributed by atoms with van der Waals surface area (Å²) in [6.07, 6.45) is 1.88. The monoisotopic (exact) mass is 303 g/mol. The summed E-state index contributed by atoms with van der Waals surface area (Å²) in [6.45, 7) is 8.49. The van der Waals surface area contributed by atoms with Gasteiger partial charge in [0.1, 0.15) is 5.03 Å². The van der Waals surface area contributed by atoms with Gasteiger partial charge in [-0.2, -0.15) is 5.10 Å². The van der Waals surface area contributed by atoms with Crippen LogP contribution in [0.4, 0.5) is 0 Å². The predicted octanol–water partition coefficient (Wildman–Crippen LogP) is 3.78. The summed E-state index contributed by atoms with van der Waals surface area (Å²) in [5.41, 5.74) is 11.1. The van der Waals surface area contributed by atoms with Gasteiger partial charge in [0.25, 0.3) is 0 Å². The van der Waals surface area contributed by atoms with Gasteiger partial charge in [-0.1, -0.05) is 30.8 Å². The Kier molecular flexibility index (Phi) is 5.12. The normalized spacial score (nSPS) is 12.7. The molecule has 0 fully saturated rings. The van der Waals surface area contributed by atoms with Gasteiger partial charge in [0, 0.05) is 23.5 Å². The number of aryl methyl sites for hydroxylation is 4. The van der Waals surface area contributed by atoms with Crippen LogP contribution in [0.15, 0.2) is 28.1 Å². The van der Waals surface area contributed by atoms with E-state index >= 15 is 0 Å². The molecule has 0 spiro atoms. The van der Waals surface area contributed by atoms with Crippen molar-refractivity contribution in [3.05, 3.63) is 40.6 Å². The second-order valence-electron chi connectivity index (χ2n) is 5.74. The van der Waals surface area contributed by atoms with Crippen LogP contribution in [0.25, 0.3) is 0 Å². The lowest BCUT2D eigenvalue weighted by Gasteiger charge is -2.12. The third kappa shape index (κ3) is 3.69. The number of rotatable bonds is 5. The van der Waals surface area contributed by atoms with Gasteiger partial charge < -0.3 is 5.73 Å². The molecule has 3 nitrogen and oxygen atoms in total. The van der Waals surface area contributed by atoms with Gasteiger partial charge in [0.05, 0.1) is 5.69 Å². The van der Waals surface area contributed by atoms with E-state index in [1.165, 1.54) is 26.6 Å². The minimum absolute atomic E-state index is 0.200. The van der Waals surface area contributed by atoms with Gasteiger partial charge >= 0.3 is 0 Å². The number of benzene rings is 1. The lowest BCUT2D eigenvalue weighted by Crippen LogP contribution is -2.21. The van der Waals surface area contributed by atoms with Crippen LogP contribution in [0.2, 0.25) is 0 Å². The van der Waals surface area contributed by atoms with Crippen LogP contribution in [0.5, 0.6) is 0 Å². The minimum atomic E-state index is 0.200. The van der Waals surface area contributed by atoms with E-state index in [0.717, 1.165) is 18.5 Å². The van der Waals surface area contributed by atoms with Gasteiger partial charge in [0.15, 0.2) is 0 Å². The Morgan fingerprint density at radius 2 is 2.00 bits per heavy atom. The molecule has 1 aromatic heterocycles. The number of hydrogen-bond acceptors (Lipinski definition) is 3. The van der Waals surface area contributed by atoms with E-state index in [0.29, 0.717) is 0 Å². The first kappa shape index (κ1) is 16.1. The second-order valence-corrected chi connectivity index (χ2v) is 6.77. The maximum absolute atomic E-state index is 6.15. The fraction of sp³-hybridized carbons (Fsp3) is 0.471. The van der Waals surface area contributed by atoms with Crippen molar-refractivity contribution in [1.29, 1.82) is 0 Å². The first-order valence-electron chi connectivity index (χ1n) is 7.45. The third-order valence-electron chi connectivity index (χ3n) is 3.83. The maximum Gasteiger partial charge on any atom is 0.102 e. The molecule has 1 unspecified atom stereocenters. The van der Waals surface area contributed by atoms with Crippen molar-refractivity contribution in [1.82, 2.24) is 9.78 Å². The Morgan fingerprint density at radius 3 is 2.67 bits per heavy atom. The third-order valence-corrected chi connectivity index (χ3v) is 5.19. The summed E-state index contributed by atoms with van der Waals surface area (Å²) < 4.78 is 1.99. The molecule has 1 aromatic carbocycles. The molecule has 114 valence electrons. The first-order valence-corrected chi connectivity index (χ1v) is 8.27. The van der Waals surface area contributed by atoms with Gasteiger partial charge in [-0.25, -0.2) is 0 Å². The van der Waals surface area contributed by atoms with Gasteiger partial charge in [-0.15, -0.1) is 0 Å². The summed E-state index contributed by atoms with van der Waals surface area (Å²) >= 11 is 1.80. The molecule has 0 amide bonds. The molecule has 2 aromatic rings. The summed E-state index contributed by atoms with van der Waals surface area (Å²) in [7, 11) is 2.02. The van der Waals surface area contributed by atoms with E-state index in [2.05, 4.69) is 51.0 Å². The van der Waals surface area contributed by atoms with Crippen molar-refractivity contribution >= 4 is 11.8 Å². The van der Waals surface area contributed by atoms with Crippen LogP contribution in [-0.4, -0.2) is 15.8 Å². The zero-order valence-corrected chi connectivity index (χ0v) is 14.4. The Hall–Kier alpha value is -1.26. The molecular weight excluding hydrogens is 278 g/mol. The van der Waals surface area contributed by atoms with Gasteiger partial charge in [-0.3, -0.25) is 4.68 Å². The molecule has 4 heteroatoms. The average Bonchev–Trinajstić information content (AvgIpc) is 2.69. The maximum atomic E-state index is 6.15. The smallest absolute Gasteiger partial charge is 0.102 e. The lowest BCUT2D eigenvalue weighted by atomic mass is 10.1. The van der Waals surface area contributed by atoms with Crippen LogP contribution in [0, 0.1) is 20.8 Å². The summed E-state index contributed by atoms with van der Waals surface area (Å²) in [5, 5.41) is 5.80. The molecule has 0 aliphatic rings. The molecule has 0 bridgehead atoms. The molecular formula is C17H25N3S. The van der Waals surface area contributed by atoms with Crippen molar-refractivity contribution in [2.24, 2.45) is 12.8 Å². The van der Waals surface area contributed by atoms with Crippen LogP contribution in [-0.2, 0) is 13.5 Å². The van der Waals surface area contributed by atoms with E-state index in [-0.39, 0.29) is 6.04 Å². The van der Waals surface area contributed by atoms with E-state index < -0.39 is 0 Å². The largest absolute Gasteiger partial charge is 0.327 e. The Bertz CT molecular complexity index is 631. The van der Waals surface area contributed by atoms with E-state index in [9.17, 15) is 0 Å². The summed E-state index contributed by atoms with van der Waals surface area (Å²) in [6, 6.07) is 6.78. The molecule has 0 saturated carbocycles. The van der Waals surface area contributed by atoms with Crippen molar-refractivity contribution in [2.75, 3.05) is 0 Å². The minimum Gasteiger partial charge on any atom is -0.327 e. The van der Waals surface area contributed by atoms with Gasteiger partial charge in [-0.05, 0) is 50.8 Å². The SMILES string of the molecule is CCC(N)Cc1c(C)nn(C)c1Sc1cc(C)ccc1C. The Balaban J connectivity index is 2.37. The Morgan fingerprint density at radius 1 is 1.29 bits per heavy atom. The van der Waals surface area contributed by atoms with Crippen LogP contribution >= 0.6 is 11.8 Å². The van der Waals surface area contributed by atoms with E-state index in [1.807, 2.05) is 11.7 Å². The fourth-order valence-electron chi connectivity index (χ4n) is 2.37. The zero-order valence-electron chi connectivity index (χ0n) is 13.6. The highest BCUT2D eigenvalue weighted by Crippen LogP contribution is 2.34. The van der Waals surface area contributed by atoms with Crippen molar-refractivity contribution in [3.63, 3.8) is 0 Å². The number of aromatic nitrogens is 2. The average molecular weight is 303 g/mol. The molecule has 2 N–H and O–H groups in total. The van der Waals surface area contributed by atoms with E-state index in [1.54, 1.807) is 11.8 Å². The molecule has 0 saturated heterocycles. The highest BCUT2D eigenvalue weighted by atomic mass is 32.2. The Labute approximate surface area is 131 Å². The topological polar surface area (TPSA) is 43.8 Å². The lowest BCUT2D eigenvalue weighted by molar-refractivity contribution is 0.631. The van der Waals surface area contributed by atoms with Crippen LogP contribution < -0.4 is 5.73 Å². The van der Waals surface area contributed by atoms with Crippen molar-refractivity contribution in [2.45, 2.75) is 56.5 Å². The quantitative estimate of drug-likeness (QED) is 0.914. The molecule has 0 aliphatic heterocycles. The molecule has 0 radical (unpaired) electrons. The van der Waals surface area contributed by atoms with Gasteiger partial charge in [0.2, 0.25) is 0 Å².